The molecular weight excluding hydrogens is 198 g/mol. The van der Waals surface area contributed by atoms with Crippen LogP contribution in [0.15, 0.2) is 6.20 Å². The number of hydrogen-bond acceptors (Lipinski definition) is 2. The molecular formula is C13H23N3. The molecule has 0 bridgehead atoms. The first-order valence-electron chi connectivity index (χ1n) is 6.45. The predicted molar refractivity (Wildman–Crippen MR) is 67.6 cm³/mol. The Morgan fingerprint density at radius 1 is 1.50 bits per heavy atom. The van der Waals surface area contributed by atoms with Crippen LogP contribution in [0.5, 0.6) is 0 Å². The van der Waals surface area contributed by atoms with E-state index in [4.69, 9.17) is 0 Å². The third kappa shape index (κ3) is 2.57. The molecule has 90 valence electrons. The molecule has 1 aliphatic carbocycles. The molecule has 3 nitrogen and oxygen atoms in total. The molecule has 1 N–H and O–H groups in total. The summed E-state index contributed by atoms with van der Waals surface area (Å²) in [5.74, 6) is 1.94. The van der Waals surface area contributed by atoms with Crippen molar-refractivity contribution < 1.29 is 0 Å². The summed E-state index contributed by atoms with van der Waals surface area (Å²) in [5, 5.41) is 3.59. The predicted octanol–water partition coefficient (Wildman–Crippen LogP) is 3.11. The molecule has 0 aliphatic heterocycles. The van der Waals surface area contributed by atoms with Crippen molar-refractivity contribution in [2.45, 2.75) is 52.0 Å². The Bertz CT molecular complexity index is 343. The molecule has 1 heterocycles. The Kier molecular flexibility index (Phi) is 3.52. The summed E-state index contributed by atoms with van der Waals surface area (Å²) in [5.41, 5.74) is 1.09. The summed E-state index contributed by atoms with van der Waals surface area (Å²) >= 11 is 0. The zero-order valence-electron chi connectivity index (χ0n) is 10.7. The quantitative estimate of drug-likeness (QED) is 0.850. The molecule has 1 aliphatic rings. The molecule has 2 unspecified atom stereocenters. The zero-order valence-corrected chi connectivity index (χ0v) is 10.7. The largest absolute Gasteiger partial charge is 0.353 e. The molecule has 0 aromatic carbocycles. The van der Waals surface area contributed by atoms with Crippen molar-refractivity contribution in [2.75, 3.05) is 5.32 Å². The van der Waals surface area contributed by atoms with E-state index in [0.29, 0.717) is 6.04 Å². The van der Waals surface area contributed by atoms with Gasteiger partial charge in [-0.3, -0.25) is 0 Å². The Balaban J connectivity index is 1.96. The van der Waals surface area contributed by atoms with Gasteiger partial charge >= 0.3 is 0 Å². The van der Waals surface area contributed by atoms with E-state index >= 15 is 0 Å². The van der Waals surface area contributed by atoms with Gasteiger partial charge < -0.3 is 9.88 Å². The molecule has 0 spiro atoms. The lowest BCUT2D eigenvalue weighted by Crippen LogP contribution is -2.28. The number of nitrogens with zero attached hydrogens (tertiary/aromatic N) is 2. The Morgan fingerprint density at radius 3 is 2.94 bits per heavy atom. The second kappa shape index (κ2) is 4.89. The summed E-state index contributed by atoms with van der Waals surface area (Å²) in [6.07, 6.45) is 8.76. The van der Waals surface area contributed by atoms with Crippen molar-refractivity contribution >= 4 is 5.95 Å². The number of nitrogens with one attached hydrogen (secondary N) is 1. The fourth-order valence-electron chi connectivity index (χ4n) is 2.73. The molecule has 1 aromatic heterocycles. The van der Waals surface area contributed by atoms with Crippen LogP contribution in [0.25, 0.3) is 0 Å². The van der Waals surface area contributed by atoms with E-state index in [9.17, 15) is 0 Å². The van der Waals surface area contributed by atoms with Gasteiger partial charge in [0.05, 0.1) is 5.69 Å². The Hall–Kier alpha value is -0.990. The summed E-state index contributed by atoms with van der Waals surface area (Å²) in [7, 11) is 2.06. The average molecular weight is 221 g/mol. The summed E-state index contributed by atoms with van der Waals surface area (Å²) in [4.78, 5) is 4.51. The first-order chi connectivity index (χ1) is 7.69. The van der Waals surface area contributed by atoms with E-state index in [0.717, 1.165) is 17.6 Å². The van der Waals surface area contributed by atoms with Crippen LogP contribution in [0.4, 0.5) is 5.95 Å². The van der Waals surface area contributed by atoms with Crippen LogP contribution >= 0.6 is 0 Å². The monoisotopic (exact) mass is 221 g/mol. The van der Waals surface area contributed by atoms with Gasteiger partial charge in [-0.2, -0.15) is 0 Å². The minimum absolute atomic E-state index is 0.624. The van der Waals surface area contributed by atoms with Crippen LogP contribution in [-0.2, 0) is 7.05 Å². The van der Waals surface area contributed by atoms with Crippen molar-refractivity contribution in [3.05, 3.63) is 11.9 Å². The first-order valence-corrected chi connectivity index (χ1v) is 6.45. The van der Waals surface area contributed by atoms with Gasteiger partial charge in [0.1, 0.15) is 0 Å². The van der Waals surface area contributed by atoms with E-state index in [2.05, 4.69) is 35.0 Å². The minimum Gasteiger partial charge on any atom is -0.353 e. The van der Waals surface area contributed by atoms with Crippen LogP contribution in [0.2, 0.25) is 0 Å². The standard InChI is InChI=1S/C13H23N3/c1-4-11-6-5-7-12(8-11)15-13-14-10(2)9-16(13)3/h9,11-12H,4-8H2,1-3H3,(H,14,15). The number of hydrogen-bond donors (Lipinski definition) is 1. The van der Waals surface area contributed by atoms with Gasteiger partial charge in [0.2, 0.25) is 5.95 Å². The number of imidazole rings is 1. The van der Waals surface area contributed by atoms with E-state index in [1.54, 1.807) is 0 Å². The smallest absolute Gasteiger partial charge is 0.202 e. The van der Waals surface area contributed by atoms with Gasteiger partial charge in [-0.1, -0.05) is 26.2 Å². The summed E-state index contributed by atoms with van der Waals surface area (Å²) < 4.78 is 2.09. The molecule has 2 atom stereocenters. The normalized spacial score (nSPS) is 25.7. The first kappa shape index (κ1) is 11.5. The Morgan fingerprint density at radius 2 is 2.31 bits per heavy atom. The summed E-state index contributed by atoms with van der Waals surface area (Å²) in [6.45, 7) is 4.35. The van der Waals surface area contributed by atoms with Crippen molar-refractivity contribution in [1.29, 1.82) is 0 Å². The van der Waals surface area contributed by atoms with Crippen LogP contribution in [0, 0.1) is 12.8 Å². The molecule has 0 amide bonds. The average Bonchev–Trinajstić information content (AvgIpc) is 2.58. The van der Waals surface area contributed by atoms with E-state index in [1.165, 1.54) is 32.1 Å². The van der Waals surface area contributed by atoms with Gasteiger partial charge in [-0.25, -0.2) is 4.98 Å². The van der Waals surface area contributed by atoms with E-state index in [1.807, 2.05) is 6.92 Å². The van der Waals surface area contributed by atoms with Gasteiger partial charge in [-0.15, -0.1) is 0 Å². The number of anilines is 1. The lowest BCUT2D eigenvalue weighted by atomic mass is 9.84. The highest BCUT2D eigenvalue weighted by Crippen LogP contribution is 2.28. The van der Waals surface area contributed by atoms with Gasteiger partial charge in [0.25, 0.3) is 0 Å². The SMILES string of the molecule is CCC1CCCC(Nc2nc(C)cn2C)C1. The van der Waals surface area contributed by atoms with Gasteiger partial charge in [-0.05, 0) is 25.7 Å². The molecule has 1 fully saturated rings. The molecule has 1 aromatic rings. The maximum atomic E-state index is 4.51. The van der Waals surface area contributed by atoms with Crippen LogP contribution < -0.4 is 5.32 Å². The molecule has 0 saturated heterocycles. The molecule has 3 heteroatoms. The van der Waals surface area contributed by atoms with Crippen molar-refractivity contribution in [3.8, 4) is 0 Å². The fraction of sp³-hybridized carbons (Fsp3) is 0.769. The highest BCUT2D eigenvalue weighted by Gasteiger charge is 2.21. The number of aromatic nitrogens is 2. The van der Waals surface area contributed by atoms with Gasteiger partial charge in [0.15, 0.2) is 0 Å². The third-order valence-corrected chi connectivity index (χ3v) is 3.69. The lowest BCUT2D eigenvalue weighted by molar-refractivity contribution is 0.326. The summed E-state index contributed by atoms with van der Waals surface area (Å²) in [6, 6.07) is 0.624. The van der Waals surface area contributed by atoms with Crippen molar-refractivity contribution in [3.63, 3.8) is 0 Å². The minimum atomic E-state index is 0.624. The van der Waals surface area contributed by atoms with Crippen LogP contribution in [0.1, 0.15) is 44.7 Å². The van der Waals surface area contributed by atoms with Crippen LogP contribution in [-0.4, -0.2) is 15.6 Å². The third-order valence-electron chi connectivity index (χ3n) is 3.69. The van der Waals surface area contributed by atoms with E-state index < -0.39 is 0 Å². The molecule has 2 rings (SSSR count). The van der Waals surface area contributed by atoms with Crippen LogP contribution in [0.3, 0.4) is 0 Å². The molecule has 16 heavy (non-hydrogen) atoms. The fourth-order valence-corrected chi connectivity index (χ4v) is 2.73. The number of aryl methyl sites for hydroxylation is 2. The lowest BCUT2D eigenvalue weighted by Gasteiger charge is -2.29. The highest BCUT2D eigenvalue weighted by atomic mass is 15.2. The highest BCUT2D eigenvalue weighted by molar-refractivity contribution is 5.29. The maximum absolute atomic E-state index is 4.51. The zero-order chi connectivity index (χ0) is 11.5. The molecule has 0 radical (unpaired) electrons. The second-order valence-electron chi connectivity index (χ2n) is 5.10. The topological polar surface area (TPSA) is 29.9 Å². The second-order valence-corrected chi connectivity index (χ2v) is 5.10. The van der Waals surface area contributed by atoms with E-state index in [-0.39, 0.29) is 0 Å². The van der Waals surface area contributed by atoms with Crippen molar-refractivity contribution in [2.24, 2.45) is 13.0 Å². The number of rotatable bonds is 3. The Labute approximate surface area is 98.3 Å². The maximum Gasteiger partial charge on any atom is 0.202 e. The molecule has 1 saturated carbocycles. The van der Waals surface area contributed by atoms with Crippen molar-refractivity contribution in [1.82, 2.24) is 9.55 Å². The van der Waals surface area contributed by atoms with Gasteiger partial charge in [0, 0.05) is 19.3 Å².